The Hall–Kier alpha value is -1.06. The number of alkyl halides is 1. The quantitative estimate of drug-likeness (QED) is 0.286. The number of ether oxygens (including phenoxy) is 1. The predicted octanol–water partition coefficient (Wildman–Crippen LogP) is 2.28. The second-order valence-electron chi connectivity index (χ2n) is 6.19. The molecule has 0 aromatic heterocycles. The number of hydrogen-bond acceptors (Lipinski definition) is 4. The molecule has 0 aromatic carbocycles. The maximum absolute atomic E-state index is 11.5. The molecule has 0 radical (unpaired) electrons. The Kier molecular flexibility index (Phi) is 5.83. The molecule has 0 aliphatic heterocycles. The van der Waals surface area contributed by atoms with Crippen LogP contribution in [0.5, 0.6) is 0 Å². The van der Waals surface area contributed by atoms with Crippen molar-refractivity contribution in [3.63, 3.8) is 0 Å². The van der Waals surface area contributed by atoms with Gasteiger partial charge in [0, 0.05) is 22.9 Å². The summed E-state index contributed by atoms with van der Waals surface area (Å²) in [5, 5.41) is 13.9. The fraction of sp³-hybridized carbons (Fsp3) is 0.769. The summed E-state index contributed by atoms with van der Waals surface area (Å²) in [6.45, 7) is 5.55. The second kappa shape index (κ2) is 6.80. The molecule has 3 atom stereocenters. The minimum atomic E-state index is -1.06. The van der Waals surface area contributed by atoms with Crippen molar-refractivity contribution >= 4 is 40.7 Å². The Morgan fingerprint density at radius 3 is 2.48 bits per heavy atom. The third-order valence-corrected chi connectivity index (χ3v) is 4.25. The van der Waals surface area contributed by atoms with E-state index < -0.39 is 18.2 Å². The number of carbonyl (C=O) groups excluding carboxylic acids is 2. The van der Waals surface area contributed by atoms with Gasteiger partial charge in [0.1, 0.15) is 0 Å². The Morgan fingerprint density at radius 2 is 1.95 bits per heavy atom. The van der Waals surface area contributed by atoms with E-state index in [4.69, 9.17) is 5.11 Å². The van der Waals surface area contributed by atoms with E-state index in [9.17, 15) is 14.4 Å². The van der Waals surface area contributed by atoms with Gasteiger partial charge in [0.2, 0.25) is 0 Å². The van der Waals surface area contributed by atoms with E-state index in [1.54, 1.807) is 0 Å². The van der Waals surface area contributed by atoms with Crippen molar-refractivity contribution in [2.75, 3.05) is 6.54 Å². The van der Waals surface area contributed by atoms with E-state index in [2.05, 4.69) is 44.9 Å². The lowest BCUT2D eigenvalue weighted by Crippen LogP contribution is -2.51. The first-order chi connectivity index (χ1) is 9.51. The summed E-state index contributed by atoms with van der Waals surface area (Å²) in [6.07, 6.45) is 0.385. The minimum Gasteiger partial charge on any atom is -0.465 e. The van der Waals surface area contributed by atoms with Crippen LogP contribution in [0.25, 0.3) is 0 Å². The van der Waals surface area contributed by atoms with Gasteiger partial charge in [-0.1, -0.05) is 36.4 Å². The first-order valence-electron chi connectivity index (χ1n) is 6.66. The molecule has 0 spiro atoms. The largest absolute Gasteiger partial charge is 0.465 e. The normalized spacial score (nSPS) is 32.1. The van der Waals surface area contributed by atoms with Crippen molar-refractivity contribution in [3.8, 4) is 0 Å². The maximum atomic E-state index is 11.5. The fourth-order valence-corrected chi connectivity index (χ4v) is 4.52. The predicted molar refractivity (Wildman–Crippen MR) is 84.5 cm³/mol. The molecule has 7 nitrogen and oxygen atoms in total. The van der Waals surface area contributed by atoms with Gasteiger partial charge in [-0.15, -0.1) is 0 Å². The molecule has 21 heavy (non-hydrogen) atoms. The number of rotatable bonds is 3. The lowest BCUT2D eigenvalue weighted by atomic mass is 9.69. The molecule has 3 unspecified atom stereocenters. The number of esters is 1. The van der Waals surface area contributed by atoms with Gasteiger partial charge in [0.15, 0.2) is 0 Å². The molecular formula is C13H21IN2O5. The molecule has 1 aliphatic carbocycles. The van der Waals surface area contributed by atoms with Crippen molar-refractivity contribution in [1.82, 2.24) is 10.6 Å². The highest BCUT2D eigenvalue weighted by Gasteiger charge is 2.43. The number of hydrogen-bond donors (Lipinski definition) is 3. The highest BCUT2D eigenvalue weighted by atomic mass is 127. The van der Waals surface area contributed by atoms with Gasteiger partial charge >= 0.3 is 18.2 Å². The lowest BCUT2D eigenvalue weighted by molar-refractivity contribution is -0.134. The van der Waals surface area contributed by atoms with Crippen LogP contribution in [0.3, 0.4) is 0 Å². The fourth-order valence-electron chi connectivity index (χ4n) is 3.07. The zero-order valence-electron chi connectivity index (χ0n) is 12.4. The van der Waals surface area contributed by atoms with Crippen LogP contribution in [-0.2, 0) is 9.53 Å². The number of nitrogens with one attached hydrogen (secondary N) is 2. The Labute approximate surface area is 137 Å². The van der Waals surface area contributed by atoms with Gasteiger partial charge in [-0.2, -0.15) is 0 Å². The van der Waals surface area contributed by atoms with Crippen molar-refractivity contribution in [1.29, 1.82) is 0 Å². The number of carbonyl (C=O) groups is 3. The SMILES string of the molecule is CC(=O)OC(=O)NC1CC(C)(I)CC(C)(CNC(=O)O)C1. The molecule has 8 heteroatoms. The third-order valence-electron chi connectivity index (χ3n) is 3.43. The molecule has 1 fully saturated rings. The third kappa shape index (κ3) is 6.49. The van der Waals surface area contributed by atoms with E-state index in [-0.39, 0.29) is 14.9 Å². The van der Waals surface area contributed by atoms with Crippen LogP contribution in [0.15, 0.2) is 0 Å². The topological polar surface area (TPSA) is 105 Å². The van der Waals surface area contributed by atoms with Gasteiger partial charge in [-0.3, -0.25) is 4.79 Å². The van der Waals surface area contributed by atoms with Crippen LogP contribution >= 0.6 is 22.6 Å². The molecule has 0 saturated heterocycles. The molecule has 1 aliphatic rings. The first-order valence-corrected chi connectivity index (χ1v) is 7.74. The molecule has 0 bridgehead atoms. The molecule has 1 saturated carbocycles. The summed E-state index contributed by atoms with van der Waals surface area (Å²) in [5.74, 6) is -0.657. The molecule has 1 rings (SSSR count). The smallest absolute Gasteiger partial charge is 0.415 e. The van der Waals surface area contributed by atoms with Gasteiger partial charge < -0.3 is 20.5 Å². The van der Waals surface area contributed by atoms with Gasteiger partial charge in [-0.05, 0) is 24.7 Å². The average Bonchev–Trinajstić information content (AvgIpc) is 2.22. The first kappa shape index (κ1) is 18.0. The second-order valence-corrected chi connectivity index (χ2v) is 8.79. The molecule has 0 aromatic rings. The van der Waals surface area contributed by atoms with Crippen LogP contribution in [0.1, 0.15) is 40.0 Å². The highest BCUT2D eigenvalue weighted by Crippen LogP contribution is 2.45. The van der Waals surface area contributed by atoms with Crippen LogP contribution < -0.4 is 10.6 Å². The van der Waals surface area contributed by atoms with E-state index >= 15 is 0 Å². The van der Waals surface area contributed by atoms with Crippen molar-refractivity contribution in [2.45, 2.75) is 49.5 Å². The lowest BCUT2D eigenvalue weighted by Gasteiger charge is -2.45. The van der Waals surface area contributed by atoms with Crippen LogP contribution in [0, 0.1) is 5.41 Å². The van der Waals surface area contributed by atoms with Gasteiger partial charge in [0.05, 0.1) is 0 Å². The van der Waals surface area contributed by atoms with Crippen molar-refractivity contribution in [3.05, 3.63) is 0 Å². The highest BCUT2D eigenvalue weighted by molar-refractivity contribution is 14.1. The summed E-state index contributed by atoms with van der Waals surface area (Å²) in [6, 6.07) is -0.159. The van der Waals surface area contributed by atoms with E-state index in [0.29, 0.717) is 13.0 Å². The summed E-state index contributed by atoms with van der Waals surface area (Å²) in [7, 11) is 0. The summed E-state index contributed by atoms with van der Waals surface area (Å²) >= 11 is 2.33. The Bertz CT molecular complexity index is 440. The van der Waals surface area contributed by atoms with E-state index in [1.807, 2.05) is 6.92 Å². The van der Waals surface area contributed by atoms with Gasteiger partial charge in [-0.25, -0.2) is 9.59 Å². The summed E-state index contributed by atoms with van der Waals surface area (Å²) in [5.41, 5.74) is -0.263. The zero-order valence-corrected chi connectivity index (χ0v) is 14.5. The minimum absolute atomic E-state index is 0.0703. The maximum Gasteiger partial charge on any atom is 0.415 e. The standard InChI is InChI=1S/C13H21IN2O5/c1-8(17)21-11(20)16-9-4-12(2,7-15-10(18)19)6-13(3,14)5-9/h9,15H,4-7H2,1-3H3,(H,16,20)(H,18,19). The molecule has 3 N–H and O–H groups in total. The Morgan fingerprint density at radius 1 is 1.33 bits per heavy atom. The van der Waals surface area contributed by atoms with Crippen molar-refractivity contribution < 1.29 is 24.2 Å². The number of halogens is 1. The van der Waals surface area contributed by atoms with E-state index in [1.165, 1.54) is 6.92 Å². The summed E-state index contributed by atoms with van der Waals surface area (Å²) in [4.78, 5) is 33.0. The number of amides is 2. The molecule has 120 valence electrons. The molecule has 0 heterocycles. The van der Waals surface area contributed by atoms with Crippen LogP contribution in [0.2, 0.25) is 0 Å². The molecular weight excluding hydrogens is 391 g/mol. The summed E-state index contributed by atoms with van der Waals surface area (Å²) < 4.78 is 4.42. The van der Waals surface area contributed by atoms with Gasteiger partial charge in [0.25, 0.3) is 0 Å². The van der Waals surface area contributed by atoms with E-state index in [0.717, 1.165) is 12.8 Å². The zero-order chi connectivity index (χ0) is 16.3. The number of carboxylic acid groups (broad SMARTS) is 1. The molecule has 2 amide bonds. The average molecular weight is 412 g/mol. The van der Waals surface area contributed by atoms with Crippen LogP contribution in [0.4, 0.5) is 9.59 Å². The number of alkyl carbamates (subject to hydrolysis) is 1. The van der Waals surface area contributed by atoms with Crippen LogP contribution in [-0.4, -0.2) is 39.3 Å². The monoisotopic (exact) mass is 412 g/mol. The Balaban J connectivity index is 2.71. The van der Waals surface area contributed by atoms with Crippen molar-refractivity contribution in [2.24, 2.45) is 5.41 Å².